The molecule has 4 N–H and O–H groups in total. The van der Waals surface area contributed by atoms with Gasteiger partial charge < -0.3 is 4.98 Å². The van der Waals surface area contributed by atoms with E-state index in [0.717, 1.165) is 22.4 Å². The molecule has 1 heterocycles. The van der Waals surface area contributed by atoms with Crippen LogP contribution >= 0.6 is 22.6 Å². The van der Waals surface area contributed by atoms with E-state index in [2.05, 4.69) is 38.0 Å². The van der Waals surface area contributed by atoms with Crippen molar-refractivity contribution < 1.29 is 4.79 Å². The highest BCUT2D eigenvalue weighted by Crippen LogP contribution is 2.22. The zero-order chi connectivity index (χ0) is 14.1. The average molecular weight is 378 g/mol. The highest BCUT2D eigenvalue weighted by molar-refractivity contribution is 14.1. The summed E-state index contributed by atoms with van der Waals surface area (Å²) in [6, 6.07) is 13.3. The summed E-state index contributed by atoms with van der Waals surface area (Å²) in [7, 11) is 0. The Morgan fingerprint density at radius 2 is 1.95 bits per heavy atom. The Bertz CT molecular complexity index is 779. The minimum atomic E-state index is -0.322. The molecule has 5 nitrogen and oxygen atoms in total. The summed E-state index contributed by atoms with van der Waals surface area (Å²) in [5.74, 6) is 5.59. The number of nitrogen functional groups attached to an aromatic ring is 1. The lowest BCUT2D eigenvalue weighted by molar-refractivity contribution is 0.0954. The molecule has 0 saturated carbocycles. The molecular formula is C14H11IN4O. The van der Waals surface area contributed by atoms with E-state index in [0.29, 0.717) is 5.56 Å². The zero-order valence-electron chi connectivity index (χ0n) is 10.4. The first kappa shape index (κ1) is 13.1. The Labute approximate surface area is 128 Å². The number of hydrazine groups is 1. The van der Waals surface area contributed by atoms with Crippen molar-refractivity contribution in [2.24, 2.45) is 5.84 Å². The number of rotatable bonds is 2. The van der Waals surface area contributed by atoms with Gasteiger partial charge in [-0.2, -0.15) is 0 Å². The number of hydrogen-bond acceptors (Lipinski definition) is 3. The number of carbonyl (C=O) groups is 1. The maximum Gasteiger partial charge on any atom is 0.265 e. The molecule has 1 amide bonds. The molecule has 0 radical (unpaired) electrons. The molecule has 1 aromatic heterocycles. The van der Waals surface area contributed by atoms with Crippen molar-refractivity contribution in [3.8, 4) is 11.4 Å². The maximum atomic E-state index is 11.5. The van der Waals surface area contributed by atoms with Gasteiger partial charge in [-0.25, -0.2) is 10.8 Å². The van der Waals surface area contributed by atoms with E-state index < -0.39 is 0 Å². The van der Waals surface area contributed by atoms with Gasteiger partial charge in [-0.15, -0.1) is 0 Å². The Morgan fingerprint density at radius 1 is 1.20 bits per heavy atom. The Hall–Kier alpha value is -1.93. The summed E-state index contributed by atoms with van der Waals surface area (Å²) >= 11 is 2.26. The second-order valence-electron chi connectivity index (χ2n) is 4.30. The van der Waals surface area contributed by atoms with Crippen molar-refractivity contribution in [2.45, 2.75) is 0 Å². The number of aromatic nitrogens is 2. The molecular weight excluding hydrogens is 367 g/mol. The van der Waals surface area contributed by atoms with Crippen LogP contribution in [0.2, 0.25) is 0 Å². The van der Waals surface area contributed by atoms with Gasteiger partial charge in [0.05, 0.1) is 11.0 Å². The number of carbonyl (C=O) groups excluding carboxylic acids is 1. The predicted molar refractivity (Wildman–Crippen MR) is 85.9 cm³/mol. The molecule has 20 heavy (non-hydrogen) atoms. The van der Waals surface area contributed by atoms with E-state index in [9.17, 15) is 4.79 Å². The van der Waals surface area contributed by atoms with Crippen molar-refractivity contribution in [1.29, 1.82) is 0 Å². The molecule has 3 aromatic rings. The number of nitrogens with two attached hydrogens (primary N) is 1. The normalized spacial score (nSPS) is 10.7. The summed E-state index contributed by atoms with van der Waals surface area (Å²) in [5, 5.41) is 0. The summed E-state index contributed by atoms with van der Waals surface area (Å²) in [6.07, 6.45) is 0. The van der Waals surface area contributed by atoms with Crippen LogP contribution in [0.4, 0.5) is 0 Å². The molecule has 3 rings (SSSR count). The lowest BCUT2D eigenvalue weighted by Gasteiger charge is -1.98. The van der Waals surface area contributed by atoms with Gasteiger partial charge in [-0.1, -0.05) is 12.1 Å². The lowest BCUT2D eigenvalue weighted by atomic mass is 10.2. The van der Waals surface area contributed by atoms with Crippen LogP contribution in [-0.4, -0.2) is 15.9 Å². The first-order valence-corrected chi connectivity index (χ1v) is 7.02. The van der Waals surface area contributed by atoms with Crippen LogP contribution in [-0.2, 0) is 0 Å². The molecule has 0 unspecified atom stereocenters. The van der Waals surface area contributed by atoms with Crippen LogP contribution in [0.15, 0.2) is 42.5 Å². The molecule has 0 bridgehead atoms. The van der Waals surface area contributed by atoms with Crippen molar-refractivity contribution in [1.82, 2.24) is 15.4 Å². The second-order valence-corrected chi connectivity index (χ2v) is 5.54. The van der Waals surface area contributed by atoms with E-state index >= 15 is 0 Å². The van der Waals surface area contributed by atoms with E-state index in [1.54, 1.807) is 18.2 Å². The van der Waals surface area contributed by atoms with Crippen molar-refractivity contribution >= 4 is 39.5 Å². The molecule has 6 heteroatoms. The molecule has 0 spiro atoms. The molecule has 0 atom stereocenters. The van der Waals surface area contributed by atoms with E-state index in [1.807, 2.05) is 24.3 Å². The summed E-state index contributed by atoms with van der Waals surface area (Å²) < 4.78 is 1.17. The van der Waals surface area contributed by atoms with Crippen LogP contribution in [0.1, 0.15) is 10.4 Å². The van der Waals surface area contributed by atoms with Gasteiger partial charge in [-0.3, -0.25) is 10.2 Å². The first-order chi connectivity index (χ1) is 9.67. The van der Waals surface area contributed by atoms with Gasteiger partial charge >= 0.3 is 0 Å². The standard InChI is InChI=1S/C14H11IN4O/c15-10-4-1-8(2-5-10)13-17-11-6-3-9(14(20)19-16)7-12(11)18-13/h1-7H,16H2,(H,17,18)(H,19,20). The molecule has 0 saturated heterocycles. The van der Waals surface area contributed by atoms with Gasteiger partial charge in [0.1, 0.15) is 5.82 Å². The van der Waals surface area contributed by atoms with E-state index in [-0.39, 0.29) is 5.91 Å². The predicted octanol–water partition coefficient (Wildman–Crippen LogP) is 2.44. The number of nitrogens with zero attached hydrogens (tertiary/aromatic N) is 1. The quantitative estimate of drug-likeness (QED) is 0.277. The Morgan fingerprint density at radius 3 is 2.65 bits per heavy atom. The van der Waals surface area contributed by atoms with Crippen molar-refractivity contribution in [3.05, 3.63) is 51.6 Å². The first-order valence-electron chi connectivity index (χ1n) is 5.94. The van der Waals surface area contributed by atoms with Crippen molar-refractivity contribution in [2.75, 3.05) is 0 Å². The van der Waals surface area contributed by atoms with Crippen LogP contribution in [0.3, 0.4) is 0 Å². The SMILES string of the molecule is NNC(=O)c1ccc2nc(-c3ccc(I)cc3)[nH]c2c1. The number of H-pyrrole nitrogens is 1. The number of hydrogen-bond donors (Lipinski definition) is 3. The number of benzene rings is 2. The largest absolute Gasteiger partial charge is 0.338 e. The lowest BCUT2D eigenvalue weighted by Crippen LogP contribution is -2.29. The monoisotopic (exact) mass is 378 g/mol. The fourth-order valence-electron chi connectivity index (χ4n) is 1.98. The maximum absolute atomic E-state index is 11.5. The summed E-state index contributed by atoms with van der Waals surface area (Å²) in [4.78, 5) is 19.2. The highest BCUT2D eigenvalue weighted by Gasteiger charge is 2.09. The molecule has 0 fully saturated rings. The van der Waals surface area contributed by atoms with Crippen molar-refractivity contribution in [3.63, 3.8) is 0 Å². The minimum absolute atomic E-state index is 0.322. The second kappa shape index (κ2) is 5.22. The third-order valence-corrected chi connectivity index (χ3v) is 3.71. The molecule has 0 aliphatic rings. The highest BCUT2D eigenvalue weighted by atomic mass is 127. The molecule has 0 aliphatic carbocycles. The Balaban J connectivity index is 2.06. The van der Waals surface area contributed by atoms with E-state index in [4.69, 9.17) is 5.84 Å². The molecule has 2 aromatic carbocycles. The van der Waals surface area contributed by atoms with Gasteiger partial charge in [-0.05, 0) is 52.9 Å². The number of aromatic amines is 1. The minimum Gasteiger partial charge on any atom is -0.338 e. The fourth-order valence-corrected chi connectivity index (χ4v) is 2.34. The smallest absolute Gasteiger partial charge is 0.265 e. The topological polar surface area (TPSA) is 83.8 Å². The molecule has 0 aliphatic heterocycles. The third kappa shape index (κ3) is 2.39. The van der Waals surface area contributed by atoms with Crippen LogP contribution in [0, 0.1) is 3.57 Å². The van der Waals surface area contributed by atoms with Gasteiger partial charge in [0, 0.05) is 14.7 Å². The zero-order valence-corrected chi connectivity index (χ0v) is 12.5. The van der Waals surface area contributed by atoms with Crippen LogP contribution in [0.25, 0.3) is 22.4 Å². The Kier molecular flexibility index (Phi) is 3.41. The average Bonchev–Trinajstić information content (AvgIpc) is 2.90. The summed E-state index contributed by atoms with van der Waals surface area (Å²) in [6.45, 7) is 0. The van der Waals surface area contributed by atoms with Gasteiger partial charge in [0.15, 0.2) is 0 Å². The van der Waals surface area contributed by atoms with Crippen LogP contribution < -0.4 is 11.3 Å². The summed E-state index contributed by atoms with van der Waals surface area (Å²) in [5.41, 5.74) is 5.24. The van der Waals surface area contributed by atoms with Crippen LogP contribution in [0.5, 0.6) is 0 Å². The number of nitrogens with one attached hydrogen (secondary N) is 2. The number of imidazole rings is 1. The van der Waals surface area contributed by atoms with Gasteiger partial charge in [0.25, 0.3) is 5.91 Å². The number of amides is 1. The third-order valence-electron chi connectivity index (χ3n) is 2.99. The molecule has 100 valence electrons. The number of fused-ring (bicyclic) bond motifs is 1. The fraction of sp³-hybridized carbons (Fsp3) is 0. The number of halogens is 1. The van der Waals surface area contributed by atoms with Gasteiger partial charge in [0.2, 0.25) is 0 Å². The van der Waals surface area contributed by atoms with E-state index in [1.165, 1.54) is 3.57 Å².